The molecule has 1 aliphatic carbocycles. The predicted molar refractivity (Wildman–Crippen MR) is 177 cm³/mol. The van der Waals surface area contributed by atoms with Crippen LogP contribution in [0.15, 0.2) is 48.0 Å². The number of carboxylic acid groups (broad SMARTS) is 1. The van der Waals surface area contributed by atoms with Gasteiger partial charge in [0, 0.05) is 56.7 Å². The lowest BCUT2D eigenvalue weighted by molar-refractivity contribution is -0.916. The zero-order valence-corrected chi connectivity index (χ0v) is 28.7. The van der Waals surface area contributed by atoms with Crippen LogP contribution in [0.5, 0.6) is 11.5 Å². The van der Waals surface area contributed by atoms with Crippen LogP contribution in [0.1, 0.15) is 42.1 Å². The fourth-order valence-electron chi connectivity index (χ4n) is 9.19. The maximum absolute atomic E-state index is 13.5. The van der Waals surface area contributed by atoms with E-state index in [2.05, 4.69) is 28.4 Å². The third kappa shape index (κ3) is 5.87. The van der Waals surface area contributed by atoms with Gasteiger partial charge in [0.05, 0.1) is 80.5 Å². The minimum absolute atomic E-state index is 0.0128. The average molecular weight is 697 g/mol. The summed E-state index contributed by atoms with van der Waals surface area (Å²) in [6.45, 7) is 4.23. The first kappa shape index (κ1) is 36.7. The number of rotatable bonds is 6. The Morgan fingerprint density at radius 1 is 1.14 bits per heavy atom. The number of piperidine rings is 2. The number of aliphatic carboxylic acids is 1. The number of aliphatic hydroxyl groups excluding tert-OH is 2. The van der Waals surface area contributed by atoms with E-state index in [4.69, 9.17) is 24.4 Å². The van der Waals surface area contributed by atoms with E-state index in [1.165, 1.54) is 43.7 Å². The molecule has 1 saturated carbocycles. The van der Waals surface area contributed by atoms with Gasteiger partial charge < -0.3 is 49.4 Å². The lowest BCUT2D eigenvalue weighted by atomic mass is 9.53. The van der Waals surface area contributed by atoms with Gasteiger partial charge in [0.1, 0.15) is 6.04 Å². The first-order chi connectivity index (χ1) is 24.1. The van der Waals surface area contributed by atoms with Crippen molar-refractivity contribution in [3.8, 4) is 11.5 Å². The molecule has 50 heavy (non-hydrogen) atoms. The number of quaternary nitrogens is 1. The van der Waals surface area contributed by atoms with Crippen molar-refractivity contribution < 1.29 is 53.7 Å². The van der Waals surface area contributed by atoms with Crippen LogP contribution in [0, 0.1) is 22.0 Å². The largest absolute Gasteiger partial charge is 0.548 e. The van der Waals surface area contributed by atoms with E-state index in [0.717, 1.165) is 44.7 Å². The van der Waals surface area contributed by atoms with Crippen molar-refractivity contribution in [2.75, 3.05) is 53.0 Å². The number of carboxylic acids is 1. The zero-order valence-electron chi connectivity index (χ0n) is 28.7. The van der Waals surface area contributed by atoms with E-state index in [1.54, 1.807) is 24.7 Å². The lowest BCUT2D eigenvalue weighted by Gasteiger charge is -2.56. The van der Waals surface area contributed by atoms with Gasteiger partial charge in [-0.1, -0.05) is 12.1 Å². The molecular weight excluding hydrogens is 652 g/mol. The summed E-state index contributed by atoms with van der Waals surface area (Å²) in [5.41, 5.74) is 3.74. The molecule has 0 radical (unpaired) electrons. The summed E-state index contributed by atoms with van der Waals surface area (Å²) < 4.78 is 17.6. The molecule has 2 amide bonds. The van der Waals surface area contributed by atoms with E-state index >= 15 is 0 Å². The fourth-order valence-corrected chi connectivity index (χ4v) is 9.19. The average Bonchev–Trinajstić information content (AvgIpc) is 3.60. The summed E-state index contributed by atoms with van der Waals surface area (Å²) in [6, 6.07) is 8.83. The molecule has 5 aliphatic heterocycles. The van der Waals surface area contributed by atoms with Crippen LogP contribution in [-0.4, -0.2) is 105 Å². The number of non-ortho nitro benzene ring substituents is 1. The molecule has 15 nitrogen and oxygen atoms in total. The van der Waals surface area contributed by atoms with Gasteiger partial charge >= 0.3 is 0 Å². The Balaban J connectivity index is 0.000000200. The summed E-state index contributed by atoms with van der Waals surface area (Å²) in [7, 11) is 5.37. The van der Waals surface area contributed by atoms with Gasteiger partial charge in [-0.2, -0.15) is 0 Å². The highest BCUT2D eigenvalue weighted by atomic mass is 16.6. The van der Waals surface area contributed by atoms with Gasteiger partial charge in [-0.3, -0.25) is 19.7 Å². The Hall–Kier alpha value is -4.57. The molecule has 1 spiro atoms. The molecule has 8 rings (SSSR count). The zero-order chi connectivity index (χ0) is 36.5. The topological polar surface area (TPSA) is 205 Å². The third-order valence-corrected chi connectivity index (χ3v) is 11.0. The lowest BCUT2D eigenvalue weighted by Crippen LogP contribution is -3.16. The molecule has 2 bridgehead atoms. The second kappa shape index (κ2) is 14.7. The second-order valence-corrected chi connectivity index (χ2v) is 13.0. The minimum atomic E-state index is -1.43. The highest BCUT2D eigenvalue weighted by molar-refractivity contribution is 6.00. The summed E-state index contributed by atoms with van der Waals surface area (Å²) >= 11 is 0. The quantitative estimate of drug-likeness (QED) is 0.170. The van der Waals surface area contributed by atoms with Crippen molar-refractivity contribution in [1.29, 1.82) is 0 Å². The number of aliphatic hydroxyl groups is 2. The number of nitro groups is 1. The molecule has 5 heterocycles. The van der Waals surface area contributed by atoms with Crippen molar-refractivity contribution in [3.05, 3.63) is 69.3 Å². The Kier molecular flexibility index (Phi) is 10.8. The number of nitro benzene ring substituents is 1. The highest BCUT2D eigenvalue weighted by Gasteiger charge is 2.73. The molecule has 0 aromatic heterocycles. The maximum Gasteiger partial charge on any atom is 0.270 e. The van der Waals surface area contributed by atoms with Gasteiger partial charge in [0.2, 0.25) is 5.91 Å². The molecule has 2 aromatic rings. The molecule has 15 heteroatoms. The van der Waals surface area contributed by atoms with Crippen molar-refractivity contribution in [2.24, 2.45) is 11.8 Å². The van der Waals surface area contributed by atoms with Gasteiger partial charge in [-0.15, -0.1) is 0 Å². The summed E-state index contributed by atoms with van der Waals surface area (Å²) in [5, 5.41) is 37.0. The maximum atomic E-state index is 13.5. The highest BCUT2D eigenvalue weighted by Crippen LogP contribution is 2.63. The van der Waals surface area contributed by atoms with E-state index in [-0.39, 0.29) is 34.7 Å². The smallest absolute Gasteiger partial charge is 0.270 e. The number of methoxy groups -OCH3 is 2. The van der Waals surface area contributed by atoms with E-state index in [9.17, 15) is 29.6 Å². The van der Waals surface area contributed by atoms with Crippen LogP contribution in [-0.2, 0) is 19.7 Å². The van der Waals surface area contributed by atoms with Crippen LogP contribution in [0.25, 0.3) is 0 Å². The third-order valence-electron chi connectivity index (χ3n) is 11.0. The number of anilines is 1. The Bertz CT molecular complexity index is 1680. The summed E-state index contributed by atoms with van der Waals surface area (Å²) in [6.07, 6.45) is 5.22. The van der Waals surface area contributed by atoms with Crippen LogP contribution in [0.3, 0.4) is 0 Å². The number of nitrogens with one attached hydrogen (secondary N) is 2. The number of benzene rings is 2. The monoisotopic (exact) mass is 696 g/mol. The summed E-state index contributed by atoms with van der Waals surface area (Å²) in [4.78, 5) is 49.1. The van der Waals surface area contributed by atoms with Gasteiger partial charge in [0.15, 0.2) is 11.5 Å². The van der Waals surface area contributed by atoms with E-state index < -0.39 is 22.8 Å². The van der Waals surface area contributed by atoms with E-state index in [0.29, 0.717) is 36.7 Å². The number of nitrogens with zero attached hydrogens (tertiary/aromatic N) is 2. The van der Waals surface area contributed by atoms with Crippen molar-refractivity contribution in [1.82, 2.24) is 5.32 Å². The SMILES string of the molecule is CO.CO.COc1cc2c(cc1OC)[C@@]13CC[NH+]4CC5=CCO[C@H]6CC(=O)N2[C@H]1[C@H]6[C@H]5C[C@H]43.C[C@H](NC(=O)c1cccc([N+](=O)[O-])c1)C(=O)[O-]. The van der Waals surface area contributed by atoms with Crippen LogP contribution in [0.2, 0.25) is 0 Å². The van der Waals surface area contributed by atoms with Gasteiger partial charge in [-0.25, -0.2) is 0 Å². The Labute approximate surface area is 289 Å². The van der Waals surface area contributed by atoms with Gasteiger partial charge in [-0.05, 0) is 36.1 Å². The Morgan fingerprint density at radius 2 is 1.84 bits per heavy atom. The number of fused-ring (bicyclic) bond motifs is 2. The number of carbonyl (C=O) groups excluding carboxylic acids is 3. The van der Waals surface area contributed by atoms with E-state index in [1.807, 2.05) is 0 Å². The normalized spacial score (nSPS) is 29.1. The number of amides is 2. The van der Waals surface area contributed by atoms with Crippen LogP contribution >= 0.6 is 0 Å². The van der Waals surface area contributed by atoms with Gasteiger partial charge in [0.25, 0.3) is 11.6 Å². The predicted octanol–water partition coefficient (Wildman–Crippen LogP) is -0.627. The number of hydrogen-bond acceptors (Lipinski definition) is 11. The Morgan fingerprint density at radius 3 is 2.50 bits per heavy atom. The molecule has 1 unspecified atom stereocenters. The molecular formula is C35H44N4O11. The molecule has 8 atom stereocenters. The molecule has 3 saturated heterocycles. The number of carbonyl (C=O) groups is 3. The molecule has 6 aliphatic rings. The van der Waals surface area contributed by atoms with Crippen molar-refractivity contribution in [2.45, 2.75) is 55.8 Å². The molecule has 4 N–H and O–H groups in total. The summed E-state index contributed by atoms with van der Waals surface area (Å²) in [5.74, 6) is 0.503. The first-order valence-corrected chi connectivity index (χ1v) is 16.5. The minimum Gasteiger partial charge on any atom is -0.548 e. The molecule has 270 valence electrons. The first-order valence-electron chi connectivity index (χ1n) is 16.5. The van der Waals surface area contributed by atoms with Crippen molar-refractivity contribution >= 4 is 29.2 Å². The standard InChI is InChI=1S/C23H26N2O4.C10H10N2O5.2CH4O/c1-27-16-8-14-15(9-17(16)28-2)25-20(26)10-18-21-13-7-19-23(14,22(21)25)4-5-24(19)11-12(13)3-6-29-18;1-6(10(14)15)11-9(13)7-3-2-4-8(5-7)12(16)17;2*1-2/h3,8-9,13,18-19,21-22H,4-7,10-11H2,1-2H3;2-6H,1H3,(H,11,13)(H,14,15);2*2H,1H3/t13-,18-,19-,21-,22-,23+;6-;;/m00../s1. The van der Waals surface area contributed by atoms with Crippen LogP contribution in [0.4, 0.5) is 11.4 Å². The van der Waals surface area contributed by atoms with Crippen molar-refractivity contribution in [3.63, 3.8) is 0 Å². The van der Waals surface area contributed by atoms with Crippen LogP contribution < -0.4 is 29.7 Å². The second-order valence-electron chi connectivity index (χ2n) is 13.0. The number of ether oxygens (including phenoxy) is 3. The molecule has 4 fully saturated rings. The number of hydrogen-bond donors (Lipinski definition) is 4. The molecule has 2 aromatic carbocycles. The fraction of sp³-hybridized carbons (Fsp3) is 0.514.